The van der Waals surface area contributed by atoms with Crippen LogP contribution < -0.4 is 10.6 Å². The van der Waals surface area contributed by atoms with Gasteiger partial charge in [-0.15, -0.1) is 0 Å². The van der Waals surface area contributed by atoms with E-state index in [4.69, 9.17) is 5.11 Å². The lowest BCUT2D eigenvalue weighted by Gasteiger charge is -2.12. The minimum atomic E-state index is -1.09. The molecule has 19 heavy (non-hydrogen) atoms. The number of rotatable bonds is 6. The first-order chi connectivity index (χ1) is 9.04. The molecule has 3 N–H and O–H groups in total. The molecule has 2 amide bonds. The number of benzene rings is 1. The highest BCUT2D eigenvalue weighted by atomic mass is 16.4. The number of nitrogens with one attached hydrogen (secondary N) is 2. The lowest BCUT2D eigenvalue weighted by Crippen LogP contribution is -2.45. The summed E-state index contributed by atoms with van der Waals surface area (Å²) in [5, 5.41) is 13.5. The molecular weight excluding hydrogens is 248 g/mol. The van der Waals surface area contributed by atoms with Crippen LogP contribution in [-0.2, 0) is 9.59 Å². The van der Waals surface area contributed by atoms with E-state index in [1.807, 2.05) is 0 Å². The zero-order chi connectivity index (χ0) is 14.3. The van der Waals surface area contributed by atoms with Crippen molar-refractivity contribution in [2.45, 2.75) is 19.4 Å². The highest BCUT2D eigenvalue weighted by Crippen LogP contribution is 1.97. The van der Waals surface area contributed by atoms with Crippen LogP contribution in [0, 0.1) is 0 Å². The summed E-state index contributed by atoms with van der Waals surface area (Å²) in [5.41, 5.74) is 0.445. The molecule has 0 radical (unpaired) electrons. The van der Waals surface area contributed by atoms with Gasteiger partial charge in [-0.3, -0.25) is 9.59 Å². The van der Waals surface area contributed by atoms with Crippen LogP contribution >= 0.6 is 0 Å². The van der Waals surface area contributed by atoms with Crippen molar-refractivity contribution in [1.29, 1.82) is 0 Å². The van der Waals surface area contributed by atoms with E-state index in [9.17, 15) is 14.4 Å². The highest BCUT2D eigenvalue weighted by molar-refractivity contribution is 5.96. The quantitative estimate of drug-likeness (QED) is 0.693. The second-order valence-electron chi connectivity index (χ2n) is 3.92. The van der Waals surface area contributed by atoms with Crippen molar-refractivity contribution in [3.63, 3.8) is 0 Å². The predicted octanol–water partition coefficient (Wildman–Crippen LogP) is 0.396. The third kappa shape index (κ3) is 4.79. The Morgan fingerprint density at radius 2 is 1.84 bits per heavy atom. The number of aliphatic carboxylic acids is 1. The molecule has 0 saturated heterocycles. The normalized spacial score (nSPS) is 11.4. The van der Waals surface area contributed by atoms with Gasteiger partial charge in [0.2, 0.25) is 5.91 Å². The van der Waals surface area contributed by atoms with Crippen molar-refractivity contribution in [3.8, 4) is 0 Å². The summed E-state index contributed by atoms with van der Waals surface area (Å²) >= 11 is 0. The van der Waals surface area contributed by atoms with Crippen molar-refractivity contribution in [2.75, 3.05) is 6.54 Å². The van der Waals surface area contributed by atoms with E-state index in [-0.39, 0.29) is 18.9 Å². The van der Waals surface area contributed by atoms with Crippen molar-refractivity contribution < 1.29 is 19.5 Å². The summed E-state index contributed by atoms with van der Waals surface area (Å²) in [6.45, 7) is 1.40. The van der Waals surface area contributed by atoms with E-state index in [1.54, 1.807) is 37.3 Å². The molecule has 1 rings (SSSR count). The van der Waals surface area contributed by atoms with Crippen LogP contribution in [-0.4, -0.2) is 35.5 Å². The van der Waals surface area contributed by atoms with Gasteiger partial charge in [-0.2, -0.15) is 0 Å². The Morgan fingerprint density at radius 1 is 1.21 bits per heavy atom. The van der Waals surface area contributed by atoms with Crippen LogP contribution in [0.25, 0.3) is 0 Å². The number of carbonyl (C=O) groups is 3. The molecule has 0 aliphatic heterocycles. The fraction of sp³-hybridized carbons (Fsp3) is 0.308. The van der Waals surface area contributed by atoms with Crippen LogP contribution in [0.5, 0.6) is 0 Å². The molecule has 0 aliphatic rings. The summed E-state index contributed by atoms with van der Waals surface area (Å²) in [6, 6.07) is 7.53. The third-order valence-electron chi connectivity index (χ3n) is 2.49. The second kappa shape index (κ2) is 7.15. The van der Waals surface area contributed by atoms with Crippen molar-refractivity contribution in [3.05, 3.63) is 35.9 Å². The number of hydrogen-bond acceptors (Lipinski definition) is 3. The van der Waals surface area contributed by atoms with Crippen molar-refractivity contribution in [1.82, 2.24) is 10.6 Å². The van der Waals surface area contributed by atoms with Gasteiger partial charge >= 0.3 is 5.97 Å². The minimum Gasteiger partial charge on any atom is -0.480 e. The van der Waals surface area contributed by atoms with E-state index in [1.165, 1.54) is 0 Å². The molecule has 6 heteroatoms. The van der Waals surface area contributed by atoms with Gasteiger partial charge in [0, 0.05) is 5.56 Å². The van der Waals surface area contributed by atoms with Crippen LogP contribution in [0.1, 0.15) is 23.7 Å². The summed E-state index contributed by atoms with van der Waals surface area (Å²) in [4.78, 5) is 33.8. The highest BCUT2D eigenvalue weighted by Gasteiger charge is 2.17. The van der Waals surface area contributed by atoms with Gasteiger partial charge in [-0.1, -0.05) is 25.1 Å². The fourth-order valence-corrected chi connectivity index (χ4v) is 1.44. The topological polar surface area (TPSA) is 95.5 Å². The minimum absolute atomic E-state index is 0.252. The number of carboxylic acid groups (broad SMARTS) is 1. The lowest BCUT2D eigenvalue weighted by atomic mass is 10.2. The summed E-state index contributed by atoms with van der Waals surface area (Å²) in [6.07, 6.45) is 0.285. The molecular formula is C13H16N2O4. The molecule has 0 aromatic heterocycles. The molecule has 0 bridgehead atoms. The summed E-state index contributed by atoms with van der Waals surface area (Å²) in [5.74, 6) is -2.00. The van der Waals surface area contributed by atoms with Gasteiger partial charge in [0.1, 0.15) is 6.04 Å². The Labute approximate surface area is 110 Å². The lowest BCUT2D eigenvalue weighted by molar-refractivity contribution is -0.141. The number of carbonyl (C=O) groups excluding carboxylic acids is 2. The fourth-order valence-electron chi connectivity index (χ4n) is 1.44. The molecule has 0 aliphatic carbocycles. The van der Waals surface area contributed by atoms with E-state index in [0.717, 1.165) is 0 Å². The molecule has 102 valence electrons. The standard InChI is InChI=1S/C13H16N2O4/c1-2-10(13(18)19)15-11(16)8-14-12(17)9-6-4-3-5-7-9/h3-7,10H,2,8H2,1H3,(H,14,17)(H,15,16)(H,18,19)/t10-/m1/s1. The van der Waals surface area contributed by atoms with Crippen LogP contribution in [0.15, 0.2) is 30.3 Å². The van der Waals surface area contributed by atoms with E-state index < -0.39 is 17.9 Å². The van der Waals surface area contributed by atoms with Crippen LogP contribution in [0.3, 0.4) is 0 Å². The van der Waals surface area contributed by atoms with E-state index >= 15 is 0 Å². The first-order valence-electron chi connectivity index (χ1n) is 5.90. The van der Waals surface area contributed by atoms with Crippen molar-refractivity contribution in [2.24, 2.45) is 0 Å². The molecule has 0 spiro atoms. The van der Waals surface area contributed by atoms with Gasteiger partial charge in [0.05, 0.1) is 6.54 Å². The second-order valence-corrected chi connectivity index (χ2v) is 3.92. The zero-order valence-electron chi connectivity index (χ0n) is 10.6. The van der Waals surface area contributed by atoms with E-state index in [2.05, 4.69) is 10.6 Å². The Hall–Kier alpha value is -2.37. The first kappa shape index (κ1) is 14.7. The number of amides is 2. The van der Waals surface area contributed by atoms with Gasteiger partial charge in [0.15, 0.2) is 0 Å². The first-order valence-corrected chi connectivity index (χ1v) is 5.90. The number of hydrogen-bond donors (Lipinski definition) is 3. The van der Waals surface area contributed by atoms with Crippen molar-refractivity contribution >= 4 is 17.8 Å². The average molecular weight is 264 g/mol. The van der Waals surface area contributed by atoms with Gasteiger partial charge in [0.25, 0.3) is 5.91 Å². The zero-order valence-corrected chi connectivity index (χ0v) is 10.6. The summed E-state index contributed by atoms with van der Waals surface area (Å²) < 4.78 is 0. The van der Waals surface area contributed by atoms with Crippen LogP contribution in [0.4, 0.5) is 0 Å². The SMILES string of the molecule is CC[C@@H](NC(=O)CNC(=O)c1ccccc1)C(=O)O. The molecule has 0 heterocycles. The smallest absolute Gasteiger partial charge is 0.326 e. The summed E-state index contributed by atoms with van der Waals surface area (Å²) in [7, 11) is 0. The molecule has 6 nitrogen and oxygen atoms in total. The maximum atomic E-state index is 11.6. The Bertz CT molecular complexity index is 459. The molecule has 1 aromatic rings. The third-order valence-corrected chi connectivity index (χ3v) is 2.49. The van der Waals surface area contributed by atoms with Gasteiger partial charge in [-0.25, -0.2) is 4.79 Å². The Morgan fingerprint density at radius 3 is 2.37 bits per heavy atom. The number of carboxylic acids is 1. The van der Waals surface area contributed by atoms with E-state index in [0.29, 0.717) is 5.56 Å². The maximum absolute atomic E-state index is 11.6. The van der Waals surface area contributed by atoms with Crippen LogP contribution in [0.2, 0.25) is 0 Å². The monoisotopic (exact) mass is 264 g/mol. The molecule has 1 aromatic carbocycles. The molecule has 0 fully saturated rings. The average Bonchev–Trinajstić information content (AvgIpc) is 2.42. The Balaban J connectivity index is 2.42. The molecule has 0 unspecified atom stereocenters. The van der Waals surface area contributed by atoms with Gasteiger partial charge < -0.3 is 15.7 Å². The maximum Gasteiger partial charge on any atom is 0.326 e. The predicted molar refractivity (Wildman–Crippen MR) is 68.6 cm³/mol. The molecule has 1 atom stereocenters. The van der Waals surface area contributed by atoms with Gasteiger partial charge in [-0.05, 0) is 18.6 Å². The Kier molecular flexibility index (Phi) is 5.53. The largest absolute Gasteiger partial charge is 0.480 e. The molecule has 0 saturated carbocycles.